The third-order valence-corrected chi connectivity index (χ3v) is 4.64. The number of phenolic OH excluding ortho intramolecular Hbond substituents is 1. The Kier molecular flexibility index (Phi) is 4.71. The van der Waals surface area contributed by atoms with Gasteiger partial charge >= 0.3 is 6.03 Å². The number of nitrogens with zero attached hydrogens (tertiary/aromatic N) is 1. The summed E-state index contributed by atoms with van der Waals surface area (Å²) in [5.74, 6) is -0.525. The van der Waals surface area contributed by atoms with Crippen molar-refractivity contribution >= 4 is 69.5 Å². The maximum absolute atomic E-state index is 12.5. The van der Waals surface area contributed by atoms with Crippen molar-refractivity contribution in [1.82, 2.24) is 5.32 Å². The van der Waals surface area contributed by atoms with E-state index in [1.54, 1.807) is 24.3 Å². The first-order valence-electron chi connectivity index (χ1n) is 6.67. The van der Waals surface area contributed by atoms with Crippen LogP contribution in [0.15, 0.2) is 42.1 Å². The highest BCUT2D eigenvalue weighted by Crippen LogP contribution is 2.31. The van der Waals surface area contributed by atoms with Crippen LogP contribution < -0.4 is 10.2 Å². The van der Waals surface area contributed by atoms with Crippen molar-refractivity contribution in [1.29, 1.82) is 0 Å². The number of phenols is 1. The predicted octanol–water partition coefficient (Wildman–Crippen LogP) is 4.40. The Morgan fingerprint density at radius 2 is 1.92 bits per heavy atom. The minimum atomic E-state index is -0.562. The molecule has 0 spiro atoms. The summed E-state index contributed by atoms with van der Waals surface area (Å²) in [6.07, 6.45) is 1.50. The Bertz CT molecular complexity index is 876. The Morgan fingerprint density at radius 1 is 1.17 bits per heavy atom. The Morgan fingerprint density at radius 3 is 2.58 bits per heavy atom. The number of nitrogens with one attached hydrogen (secondary N) is 1. The number of urea groups is 1. The normalized spacial score (nSPS) is 16.0. The highest BCUT2D eigenvalue weighted by molar-refractivity contribution is 14.1. The highest BCUT2D eigenvalue weighted by atomic mass is 127. The van der Waals surface area contributed by atoms with E-state index in [2.05, 4.69) is 5.32 Å². The van der Waals surface area contributed by atoms with Crippen molar-refractivity contribution in [3.05, 3.63) is 61.3 Å². The van der Waals surface area contributed by atoms with Crippen molar-refractivity contribution in [3.63, 3.8) is 0 Å². The molecule has 0 radical (unpaired) electrons. The number of amides is 3. The molecule has 1 heterocycles. The molecule has 3 amide bonds. The second-order valence-electron chi connectivity index (χ2n) is 4.94. The number of rotatable bonds is 2. The van der Waals surface area contributed by atoms with E-state index < -0.39 is 11.9 Å². The number of carbonyl (C=O) groups excluding carboxylic acids is 2. The fourth-order valence-corrected chi connectivity index (χ4v) is 3.44. The number of hydrogen-bond donors (Lipinski definition) is 2. The molecule has 1 aliphatic heterocycles. The zero-order chi connectivity index (χ0) is 17.4. The maximum Gasteiger partial charge on any atom is 0.333 e. The molecule has 122 valence electrons. The van der Waals surface area contributed by atoms with Gasteiger partial charge in [-0.25, -0.2) is 9.69 Å². The molecular weight excluding hydrogens is 466 g/mol. The smallest absolute Gasteiger partial charge is 0.333 e. The number of imide groups is 1. The molecule has 1 saturated heterocycles. The first-order chi connectivity index (χ1) is 11.4. The first-order valence-corrected chi connectivity index (χ1v) is 8.51. The van der Waals surface area contributed by atoms with Crippen molar-refractivity contribution in [2.24, 2.45) is 0 Å². The summed E-state index contributed by atoms with van der Waals surface area (Å²) in [6, 6.07) is 9.05. The van der Waals surface area contributed by atoms with Crippen LogP contribution in [0.5, 0.6) is 5.75 Å². The molecule has 2 N–H and O–H groups in total. The van der Waals surface area contributed by atoms with Gasteiger partial charge in [0.1, 0.15) is 11.4 Å². The van der Waals surface area contributed by atoms with E-state index in [1.807, 2.05) is 22.6 Å². The second kappa shape index (κ2) is 6.62. The molecule has 0 aromatic heterocycles. The lowest BCUT2D eigenvalue weighted by atomic mass is 10.2. The van der Waals surface area contributed by atoms with Crippen molar-refractivity contribution in [2.75, 3.05) is 4.90 Å². The van der Waals surface area contributed by atoms with Gasteiger partial charge in [0.25, 0.3) is 5.91 Å². The van der Waals surface area contributed by atoms with Crippen LogP contribution in [0.1, 0.15) is 5.56 Å². The SMILES string of the molecule is O=C1NC(=Cc2cc(Cl)c(O)c(I)c2)C(=O)N1c1cccc(Cl)c1. The fourth-order valence-electron chi connectivity index (χ4n) is 2.22. The van der Waals surface area contributed by atoms with Crippen molar-refractivity contribution < 1.29 is 14.7 Å². The van der Waals surface area contributed by atoms with E-state index >= 15 is 0 Å². The summed E-state index contributed by atoms with van der Waals surface area (Å²) in [7, 11) is 0. The molecule has 0 saturated carbocycles. The van der Waals surface area contributed by atoms with E-state index in [4.69, 9.17) is 23.2 Å². The van der Waals surface area contributed by atoms with Crippen LogP contribution in [-0.2, 0) is 4.79 Å². The third kappa shape index (κ3) is 3.22. The number of anilines is 1. The lowest BCUT2D eigenvalue weighted by molar-refractivity contribution is -0.113. The summed E-state index contributed by atoms with van der Waals surface area (Å²) in [6.45, 7) is 0. The lowest BCUT2D eigenvalue weighted by Gasteiger charge is -2.11. The zero-order valence-corrected chi connectivity index (χ0v) is 15.6. The van der Waals surface area contributed by atoms with Gasteiger partial charge in [-0.1, -0.05) is 29.3 Å². The lowest BCUT2D eigenvalue weighted by Crippen LogP contribution is -2.30. The van der Waals surface area contributed by atoms with E-state index in [-0.39, 0.29) is 16.5 Å². The number of benzene rings is 2. The molecule has 8 heteroatoms. The van der Waals surface area contributed by atoms with Gasteiger partial charge in [-0.3, -0.25) is 4.79 Å². The second-order valence-corrected chi connectivity index (χ2v) is 6.95. The Hall–Kier alpha value is -1.77. The van der Waals surface area contributed by atoms with Crippen molar-refractivity contribution in [3.8, 4) is 5.75 Å². The Labute approximate surface area is 161 Å². The average molecular weight is 475 g/mol. The summed E-state index contributed by atoms with van der Waals surface area (Å²) < 4.78 is 0.537. The number of hydrogen-bond acceptors (Lipinski definition) is 3. The van der Waals surface area contributed by atoms with Gasteiger partial charge < -0.3 is 10.4 Å². The van der Waals surface area contributed by atoms with Crippen LogP contribution in [0.25, 0.3) is 6.08 Å². The Balaban J connectivity index is 1.97. The van der Waals surface area contributed by atoms with Crippen LogP contribution in [0.2, 0.25) is 10.0 Å². The van der Waals surface area contributed by atoms with Crippen LogP contribution in [0.4, 0.5) is 10.5 Å². The molecule has 3 rings (SSSR count). The standard InChI is InChI=1S/C16H9Cl2IN2O3/c17-9-2-1-3-10(7-9)21-15(23)13(20-16(21)24)6-8-4-11(18)14(22)12(19)5-8/h1-7,22H,(H,20,24). The van der Waals surface area contributed by atoms with Gasteiger partial charge in [-0.2, -0.15) is 0 Å². The first kappa shape index (κ1) is 17.1. The van der Waals surface area contributed by atoms with E-state index in [0.29, 0.717) is 19.8 Å². The van der Waals surface area contributed by atoms with Gasteiger partial charge in [-0.15, -0.1) is 0 Å². The van der Waals surface area contributed by atoms with E-state index in [1.165, 1.54) is 18.2 Å². The minimum absolute atomic E-state index is 0.0262. The quantitative estimate of drug-likeness (QED) is 0.385. The average Bonchev–Trinajstić information content (AvgIpc) is 2.79. The van der Waals surface area contributed by atoms with E-state index in [0.717, 1.165) is 4.90 Å². The summed E-state index contributed by atoms with van der Waals surface area (Å²) in [5.41, 5.74) is 1.07. The molecular formula is C16H9Cl2IN2O3. The molecule has 2 aromatic rings. The van der Waals surface area contributed by atoms with Gasteiger partial charge in [0, 0.05) is 5.02 Å². The molecule has 5 nitrogen and oxygen atoms in total. The van der Waals surface area contributed by atoms with Crippen LogP contribution in [0, 0.1) is 3.57 Å². The predicted molar refractivity (Wildman–Crippen MR) is 101 cm³/mol. The fraction of sp³-hybridized carbons (Fsp3) is 0. The van der Waals surface area contributed by atoms with Gasteiger partial charge in [-0.05, 0) is 64.6 Å². The van der Waals surface area contributed by atoms with Gasteiger partial charge in [0.15, 0.2) is 0 Å². The molecule has 0 aliphatic carbocycles. The highest BCUT2D eigenvalue weighted by Gasteiger charge is 2.34. The maximum atomic E-state index is 12.5. The number of halogens is 3. The largest absolute Gasteiger partial charge is 0.505 e. The van der Waals surface area contributed by atoms with E-state index in [9.17, 15) is 14.7 Å². The molecule has 1 fully saturated rings. The molecule has 0 bridgehead atoms. The van der Waals surface area contributed by atoms with Crippen LogP contribution in [0.3, 0.4) is 0 Å². The number of carbonyl (C=O) groups is 2. The molecule has 0 atom stereocenters. The topological polar surface area (TPSA) is 69.6 Å². The van der Waals surface area contributed by atoms with Crippen LogP contribution in [-0.4, -0.2) is 17.0 Å². The van der Waals surface area contributed by atoms with Gasteiger partial charge in [0.05, 0.1) is 14.3 Å². The third-order valence-electron chi connectivity index (χ3n) is 3.29. The minimum Gasteiger partial charge on any atom is -0.505 e. The zero-order valence-electron chi connectivity index (χ0n) is 11.9. The molecule has 24 heavy (non-hydrogen) atoms. The number of aromatic hydroxyl groups is 1. The van der Waals surface area contributed by atoms with Crippen LogP contribution >= 0.6 is 45.8 Å². The molecule has 0 unspecified atom stereocenters. The molecule has 1 aliphatic rings. The van der Waals surface area contributed by atoms with Gasteiger partial charge in [0.2, 0.25) is 0 Å². The van der Waals surface area contributed by atoms with Crippen molar-refractivity contribution in [2.45, 2.75) is 0 Å². The summed E-state index contributed by atoms with van der Waals surface area (Å²) in [4.78, 5) is 25.6. The summed E-state index contributed by atoms with van der Waals surface area (Å²) >= 11 is 13.8. The molecule has 2 aromatic carbocycles. The monoisotopic (exact) mass is 474 g/mol. The summed E-state index contributed by atoms with van der Waals surface area (Å²) in [5, 5.41) is 12.8.